The van der Waals surface area contributed by atoms with Gasteiger partial charge in [-0.15, -0.1) is 0 Å². The summed E-state index contributed by atoms with van der Waals surface area (Å²) in [6.45, 7) is 4.18. The number of nitrogens with zero attached hydrogens (tertiary/aromatic N) is 2. The van der Waals surface area contributed by atoms with E-state index in [2.05, 4.69) is 0 Å². The van der Waals surface area contributed by atoms with Crippen molar-refractivity contribution in [2.75, 3.05) is 23.0 Å². The van der Waals surface area contributed by atoms with Crippen molar-refractivity contribution >= 4 is 29.2 Å². The molecule has 1 fully saturated rings. The van der Waals surface area contributed by atoms with Gasteiger partial charge in [-0.2, -0.15) is 0 Å². The topological polar surface area (TPSA) is 66.9 Å². The van der Waals surface area contributed by atoms with Crippen LogP contribution in [-0.4, -0.2) is 37.0 Å². The molecule has 0 aromatic heterocycles. The fraction of sp³-hybridized carbons (Fsp3) is 0.318. The van der Waals surface area contributed by atoms with Crippen molar-refractivity contribution in [1.82, 2.24) is 0 Å². The van der Waals surface area contributed by atoms with Crippen LogP contribution in [0, 0.1) is 0 Å². The van der Waals surface area contributed by atoms with Gasteiger partial charge in [-0.1, -0.05) is 18.2 Å². The van der Waals surface area contributed by atoms with Gasteiger partial charge in [-0.05, 0) is 56.7 Å². The normalized spacial score (nSPS) is 13.7. The van der Waals surface area contributed by atoms with E-state index in [0.29, 0.717) is 18.5 Å². The summed E-state index contributed by atoms with van der Waals surface area (Å²) in [6.07, 6.45) is 1.40. The van der Waals surface area contributed by atoms with Gasteiger partial charge in [-0.3, -0.25) is 9.59 Å². The molecule has 2 amide bonds. The Hall–Kier alpha value is -3.15. The average molecular weight is 380 g/mol. The summed E-state index contributed by atoms with van der Waals surface area (Å²) in [7, 11) is 0. The molecule has 0 spiro atoms. The maximum Gasteiger partial charge on any atom is 0.338 e. The van der Waals surface area contributed by atoms with E-state index >= 15 is 0 Å². The number of esters is 1. The van der Waals surface area contributed by atoms with Crippen molar-refractivity contribution in [1.29, 1.82) is 0 Å². The zero-order valence-corrected chi connectivity index (χ0v) is 16.1. The van der Waals surface area contributed by atoms with E-state index in [4.69, 9.17) is 4.74 Å². The fourth-order valence-corrected chi connectivity index (χ4v) is 3.30. The van der Waals surface area contributed by atoms with Gasteiger partial charge in [0.2, 0.25) is 5.91 Å². The Kier molecular flexibility index (Phi) is 6.09. The van der Waals surface area contributed by atoms with Gasteiger partial charge in [0, 0.05) is 30.4 Å². The van der Waals surface area contributed by atoms with Gasteiger partial charge in [0.05, 0.1) is 5.56 Å². The van der Waals surface area contributed by atoms with Crippen LogP contribution in [-0.2, 0) is 14.3 Å². The molecule has 0 saturated carbocycles. The molecule has 0 radical (unpaired) electrons. The quantitative estimate of drug-likeness (QED) is 0.721. The first-order chi connectivity index (χ1) is 13.5. The Bertz CT molecular complexity index is 847. The average Bonchev–Trinajstić information content (AvgIpc) is 3.13. The molecule has 3 rings (SSSR count). The Morgan fingerprint density at radius 1 is 1.07 bits per heavy atom. The van der Waals surface area contributed by atoms with Crippen LogP contribution in [0.15, 0.2) is 54.6 Å². The number of hydrogen-bond acceptors (Lipinski definition) is 4. The van der Waals surface area contributed by atoms with Crippen LogP contribution < -0.4 is 9.80 Å². The minimum Gasteiger partial charge on any atom is -0.452 e. The number of amides is 2. The van der Waals surface area contributed by atoms with Gasteiger partial charge < -0.3 is 14.5 Å². The van der Waals surface area contributed by atoms with Gasteiger partial charge >= 0.3 is 5.97 Å². The van der Waals surface area contributed by atoms with Gasteiger partial charge in [0.1, 0.15) is 0 Å². The number of carbonyl (C=O) groups excluding carboxylic acids is 3. The number of hydrogen-bond donors (Lipinski definition) is 0. The molecule has 0 unspecified atom stereocenters. The lowest BCUT2D eigenvalue weighted by atomic mass is 10.2. The largest absolute Gasteiger partial charge is 0.452 e. The highest BCUT2D eigenvalue weighted by Crippen LogP contribution is 2.22. The van der Waals surface area contributed by atoms with E-state index in [0.717, 1.165) is 17.8 Å². The molecule has 1 heterocycles. The van der Waals surface area contributed by atoms with Gasteiger partial charge in [-0.25, -0.2) is 4.79 Å². The summed E-state index contributed by atoms with van der Waals surface area (Å²) < 4.78 is 5.22. The fourth-order valence-electron chi connectivity index (χ4n) is 3.30. The lowest BCUT2D eigenvalue weighted by Gasteiger charge is -2.26. The predicted octanol–water partition coefficient (Wildman–Crippen LogP) is 3.41. The molecule has 2 aromatic carbocycles. The first kappa shape index (κ1) is 19.6. The third-order valence-electron chi connectivity index (χ3n) is 4.63. The standard InChI is InChI=1S/C22H24N2O4/c1-16(2)24(19-7-4-3-5-8-19)21(26)15-28-22(27)17-10-12-18(13-11-17)23-14-6-9-20(23)25/h3-5,7-8,10-13,16H,6,9,14-15H2,1-2H3. The second kappa shape index (κ2) is 8.69. The zero-order valence-electron chi connectivity index (χ0n) is 16.1. The van der Waals surface area contributed by atoms with E-state index < -0.39 is 5.97 Å². The van der Waals surface area contributed by atoms with Crippen molar-refractivity contribution in [2.45, 2.75) is 32.7 Å². The zero-order chi connectivity index (χ0) is 20.1. The highest BCUT2D eigenvalue weighted by molar-refractivity contribution is 5.98. The van der Waals surface area contributed by atoms with E-state index in [1.165, 1.54) is 0 Å². The van der Waals surface area contributed by atoms with E-state index in [1.807, 2.05) is 44.2 Å². The second-order valence-corrected chi connectivity index (χ2v) is 6.96. The predicted molar refractivity (Wildman–Crippen MR) is 107 cm³/mol. The second-order valence-electron chi connectivity index (χ2n) is 6.96. The Balaban J connectivity index is 1.61. The number of anilines is 2. The molecule has 6 nitrogen and oxygen atoms in total. The Morgan fingerprint density at radius 3 is 2.32 bits per heavy atom. The van der Waals surface area contributed by atoms with Crippen LogP contribution in [0.3, 0.4) is 0 Å². The van der Waals surface area contributed by atoms with Gasteiger partial charge in [0.15, 0.2) is 6.61 Å². The first-order valence-electron chi connectivity index (χ1n) is 9.42. The van der Waals surface area contributed by atoms with Crippen molar-refractivity contribution in [2.24, 2.45) is 0 Å². The van der Waals surface area contributed by atoms with Gasteiger partial charge in [0.25, 0.3) is 5.91 Å². The molecule has 1 saturated heterocycles. The van der Waals surface area contributed by atoms with Crippen molar-refractivity contribution < 1.29 is 19.1 Å². The molecule has 0 atom stereocenters. The van der Waals surface area contributed by atoms with Crippen molar-refractivity contribution in [3.05, 3.63) is 60.2 Å². The minimum absolute atomic E-state index is 0.0640. The summed E-state index contributed by atoms with van der Waals surface area (Å²) in [6, 6.07) is 15.9. The van der Waals surface area contributed by atoms with Crippen LogP contribution in [0.5, 0.6) is 0 Å². The van der Waals surface area contributed by atoms with Crippen LogP contribution in [0.25, 0.3) is 0 Å². The van der Waals surface area contributed by atoms with E-state index in [9.17, 15) is 14.4 Å². The number of para-hydroxylation sites is 1. The minimum atomic E-state index is -0.565. The molecule has 0 N–H and O–H groups in total. The van der Waals surface area contributed by atoms with Crippen LogP contribution in [0.4, 0.5) is 11.4 Å². The van der Waals surface area contributed by atoms with Crippen LogP contribution in [0.2, 0.25) is 0 Å². The summed E-state index contributed by atoms with van der Waals surface area (Å²) in [5.74, 6) is -0.756. The molecular formula is C22H24N2O4. The highest BCUT2D eigenvalue weighted by atomic mass is 16.5. The van der Waals surface area contributed by atoms with Crippen molar-refractivity contribution in [3.63, 3.8) is 0 Å². The maximum absolute atomic E-state index is 12.6. The van der Waals surface area contributed by atoms with Crippen molar-refractivity contribution in [3.8, 4) is 0 Å². The lowest BCUT2D eigenvalue weighted by Crippen LogP contribution is -2.39. The SMILES string of the molecule is CC(C)N(C(=O)COC(=O)c1ccc(N2CCCC2=O)cc1)c1ccccc1. The van der Waals surface area contributed by atoms with E-state index in [1.54, 1.807) is 34.1 Å². The molecule has 1 aliphatic heterocycles. The molecule has 0 aliphatic carbocycles. The third kappa shape index (κ3) is 4.39. The number of rotatable bonds is 6. The third-order valence-corrected chi connectivity index (χ3v) is 4.63. The molecular weight excluding hydrogens is 356 g/mol. The highest BCUT2D eigenvalue weighted by Gasteiger charge is 2.23. The summed E-state index contributed by atoms with van der Waals surface area (Å²) in [5, 5.41) is 0. The number of benzene rings is 2. The number of carbonyl (C=O) groups is 3. The smallest absolute Gasteiger partial charge is 0.338 e. The molecule has 28 heavy (non-hydrogen) atoms. The molecule has 1 aliphatic rings. The lowest BCUT2D eigenvalue weighted by molar-refractivity contribution is -0.122. The van der Waals surface area contributed by atoms with E-state index in [-0.39, 0.29) is 24.5 Å². The Labute approximate surface area is 164 Å². The molecule has 146 valence electrons. The first-order valence-corrected chi connectivity index (χ1v) is 9.42. The maximum atomic E-state index is 12.6. The number of ether oxygens (including phenoxy) is 1. The monoisotopic (exact) mass is 380 g/mol. The Morgan fingerprint density at radius 2 is 1.75 bits per heavy atom. The van der Waals surface area contributed by atoms with Crippen LogP contribution >= 0.6 is 0 Å². The summed E-state index contributed by atoms with van der Waals surface area (Å²) in [4.78, 5) is 40.0. The molecule has 0 bridgehead atoms. The van der Waals surface area contributed by atoms with Crippen LogP contribution in [0.1, 0.15) is 37.0 Å². The summed E-state index contributed by atoms with van der Waals surface area (Å²) in [5.41, 5.74) is 1.88. The molecule has 6 heteroatoms. The molecule has 2 aromatic rings. The summed E-state index contributed by atoms with van der Waals surface area (Å²) >= 11 is 0.